The van der Waals surface area contributed by atoms with Crippen LogP contribution in [0, 0.1) is 0 Å². The minimum Gasteiger partial charge on any atom is -0.396 e. The summed E-state index contributed by atoms with van der Waals surface area (Å²) in [5.41, 5.74) is 0. The summed E-state index contributed by atoms with van der Waals surface area (Å²) in [6, 6.07) is 0. The Morgan fingerprint density at radius 1 is 0.731 bits per heavy atom. The Balaban J connectivity index is 0. The van der Waals surface area contributed by atoms with Gasteiger partial charge in [0.05, 0.1) is 12.9 Å². The smallest absolute Gasteiger partial charge is 0.264 e. The van der Waals surface area contributed by atoms with Gasteiger partial charge in [0.1, 0.15) is 0 Å². The average molecular weight is 391 g/mol. The lowest BCUT2D eigenvalue weighted by Gasteiger charge is -2.01. The Morgan fingerprint density at radius 3 is 1.50 bits per heavy atom. The van der Waals surface area contributed by atoms with Crippen molar-refractivity contribution in [3.63, 3.8) is 0 Å². The van der Waals surface area contributed by atoms with Crippen LogP contribution in [0.3, 0.4) is 0 Å². The van der Waals surface area contributed by atoms with Gasteiger partial charge in [-0.25, -0.2) is 0 Å². The van der Waals surface area contributed by atoms with Crippen molar-refractivity contribution < 1.29 is 17.7 Å². The van der Waals surface area contributed by atoms with E-state index in [-0.39, 0.29) is 0 Å². The van der Waals surface area contributed by atoms with E-state index in [1.165, 1.54) is 51.4 Å². The third-order valence-electron chi connectivity index (χ3n) is 3.92. The zero-order valence-electron chi connectivity index (χ0n) is 17.0. The summed E-state index contributed by atoms with van der Waals surface area (Å²) in [7, 11) is -3.24. The highest BCUT2D eigenvalue weighted by Gasteiger charge is 1.99. The average Bonchev–Trinajstić information content (AvgIpc) is 2.59. The van der Waals surface area contributed by atoms with Gasteiger partial charge in [-0.15, -0.1) is 13.2 Å². The van der Waals surface area contributed by atoms with Crippen LogP contribution in [0.5, 0.6) is 0 Å². The van der Waals surface area contributed by atoms with Crippen LogP contribution >= 0.6 is 0 Å². The monoisotopic (exact) mass is 390 g/mol. The van der Waals surface area contributed by atoms with Gasteiger partial charge in [0.15, 0.2) is 0 Å². The van der Waals surface area contributed by atoms with Crippen LogP contribution < -0.4 is 0 Å². The molecule has 0 aromatic carbocycles. The van der Waals surface area contributed by atoms with Crippen LogP contribution in [0.25, 0.3) is 0 Å². The Labute approximate surface area is 162 Å². The van der Waals surface area contributed by atoms with Crippen molar-refractivity contribution in [2.75, 3.05) is 19.5 Å². The number of aliphatic hydroxyl groups is 1. The molecule has 0 amide bonds. The summed E-state index contributed by atoms with van der Waals surface area (Å²) in [6.07, 6.45) is 21.3. The maximum absolute atomic E-state index is 10.6. The molecule has 1 N–H and O–H groups in total. The van der Waals surface area contributed by atoms with Gasteiger partial charge in [-0.1, -0.05) is 63.5 Å². The maximum atomic E-state index is 10.6. The largest absolute Gasteiger partial charge is 0.396 e. The van der Waals surface area contributed by atoms with E-state index in [0.29, 0.717) is 13.2 Å². The van der Waals surface area contributed by atoms with Gasteiger partial charge >= 0.3 is 0 Å². The van der Waals surface area contributed by atoms with Gasteiger partial charge in [-0.3, -0.25) is 4.18 Å². The first-order valence-corrected chi connectivity index (χ1v) is 12.0. The molecule has 0 unspecified atom stereocenters. The van der Waals surface area contributed by atoms with Crippen molar-refractivity contribution in [1.29, 1.82) is 0 Å². The molecular formula is C21H42O4S. The second kappa shape index (κ2) is 22.4. The van der Waals surface area contributed by atoms with Crippen molar-refractivity contribution in [1.82, 2.24) is 0 Å². The summed E-state index contributed by atoms with van der Waals surface area (Å²) in [4.78, 5) is 0. The van der Waals surface area contributed by atoms with Crippen LogP contribution in [0.15, 0.2) is 25.3 Å². The summed E-state index contributed by atoms with van der Waals surface area (Å²) < 4.78 is 25.8. The number of rotatable bonds is 18. The van der Waals surface area contributed by atoms with Gasteiger partial charge in [-0.2, -0.15) is 8.42 Å². The molecule has 0 saturated heterocycles. The summed E-state index contributed by atoms with van der Waals surface area (Å²) in [5, 5.41) is 8.49. The Bertz CT molecular complexity index is 391. The van der Waals surface area contributed by atoms with Gasteiger partial charge in [-0.05, 0) is 38.5 Å². The molecule has 26 heavy (non-hydrogen) atoms. The van der Waals surface area contributed by atoms with Crippen LogP contribution in [0.4, 0.5) is 0 Å². The molecule has 0 atom stereocenters. The highest BCUT2D eigenvalue weighted by Crippen LogP contribution is 2.08. The number of hydrogen-bond donors (Lipinski definition) is 1. The fraction of sp³-hybridized carbons (Fsp3) is 0.810. The van der Waals surface area contributed by atoms with Crippen molar-refractivity contribution in [3.05, 3.63) is 25.3 Å². The molecule has 0 radical (unpaired) electrons. The molecule has 0 aromatic heterocycles. The van der Waals surface area contributed by atoms with E-state index in [1.54, 1.807) is 0 Å². The molecule has 0 heterocycles. The van der Waals surface area contributed by atoms with Gasteiger partial charge in [0.2, 0.25) is 0 Å². The first-order chi connectivity index (χ1) is 12.5. The van der Waals surface area contributed by atoms with E-state index in [1.807, 2.05) is 12.2 Å². The minimum absolute atomic E-state index is 0.325. The molecule has 0 fully saturated rings. The van der Waals surface area contributed by atoms with Crippen LogP contribution in [-0.2, 0) is 14.3 Å². The third kappa shape index (κ3) is 31.2. The molecule has 0 bridgehead atoms. The van der Waals surface area contributed by atoms with Crippen LogP contribution in [0.1, 0.15) is 89.9 Å². The quantitative estimate of drug-likeness (QED) is 0.183. The van der Waals surface area contributed by atoms with Crippen LogP contribution in [0.2, 0.25) is 0 Å². The molecule has 156 valence electrons. The Morgan fingerprint density at radius 2 is 1.12 bits per heavy atom. The van der Waals surface area contributed by atoms with E-state index < -0.39 is 10.1 Å². The highest BCUT2D eigenvalue weighted by molar-refractivity contribution is 7.85. The van der Waals surface area contributed by atoms with Crippen LogP contribution in [-0.4, -0.2) is 33.0 Å². The predicted octanol–water partition coefficient (Wildman–Crippen LogP) is 5.77. The number of unbranched alkanes of at least 4 members (excludes halogenated alkanes) is 12. The molecule has 0 rings (SSSR count). The summed E-state index contributed by atoms with van der Waals surface area (Å²) >= 11 is 0. The zero-order valence-corrected chi connectivity index (χ0v) is 17.8. The normalized spacial score (nSPS) is 10.8. The topological polar surface area (TPSA) is 63.6 Å². The van der Waals surface area contributed by atoms with Crippen molar-refractivity contribution in [2.45, 2.75) is 89.9 Å². The van der Waals surface area contributed by atoms with Gasteiger partial charge < -0.3 is 5.11 Å². The number of allylic oxidation sites excluding steroid dienone is 2. The fourth-order valence-corrected chi connectivity index (χ4v) is 2.84. The number of hydrogen-bond acceptors (Lipinski definition) is 4. The molecule has 4 nitrogen and oxygen atoms in total. The van der Waals surface area contributed by atoms with Crippen molar-refractivity contribution in [3.8, 4) is 0 Å². The van der Waals surface area contributed by atoms with Gasteiger partial charge in [0, 0.05) is 6.61 Å². The molecule has 0 aliphatic heterocycles. The second-order valence-corrected chi connectivity index (χ2v) is 8.29. The molecule has 0 aliphatic carbocycles. The lowest BCUT2D eigenvalue weighted by molar-refractivity contribution is 0.282. The molecule has 5 heteroatoms. The van der Waals surface area contributed by atoms with E-state index in [9.17, 15) is 8.42 Å². The summed E-state index contributed by atoms with van der Waals surface area (Å²) in [6.45, 7) is 8.02. The van der Waals surface area contributed by atoms with E-state index in [2.05, 4.69) is 17.3 Å². The van der Waals surface area contributed by atoms with E-state index >= 15 is 0 Å². The van der Waals surface area contributed by atoms with Gasteiger partial charge in [0.25, 0.3) is 10.1 Å². The fourth-order valence-electron chi connectivity index (χ4n) is 2.42. The minimum atomic E-state index is -3.24. The van der Waals surface area contributed by atoms with E-state index in [4.69, 9.17) is 5.11 Å². The Kier molecular flexibility index (Phi) is 23.7. The van der Waals surface area contributed by atoms with Crippen molar-refractivity contribution in [2.24, 2.45) is 0 Å². The third-order valence-corrected chi connectivity index (χ3v) is 4.51. The van der Waals surface area contributed by atoms with Crippen molar-refractivity contribution >= 4 is 10.1 Å². The standard InChI is InChI=1S/C11H22O3S.C10H20O/c1-3-4-5-6-7-8-9-10-11-14-15(2,12)13;1-2-3-4-5-6-7-8-9-10-11/h3H,1,4-11H2,2H3;2,11H,1,3-10H2. The first kappa shape index (κ1) is 27.6. The molecule has 0 saturated carbocycles. The molecular weight excluding hydrogens is 348 g/mol. The zero-order chi connectivity index (χ0) is 19.9. The SMILES string of the molecule is C=CCCCCCCCCO.C=CCCCCCCCCOS(C)(=O)=O. The lowest BCUT2D eigenvalue weighted by Crippen LogP contribution is -2.03. The molecule has 0 aromatic rings. The lowest BCUT2D eigenvalue weighted by atomic mass is 10.1. The molecule has 0 spiro atoms. The maximum Gasteiger partial charge on any atom is 0.264 e. The highest BCUT2D eigenvalue weighted by atomic mass is 32.2. The number of aliphatic hydroxyl groups excluding tert-OH is 1. The van der Waals surface area contributed by atoms with E-state index in [0.717, 1.165) is 44.8 Å². The second-order valence-electron chi connectivity index (χ2n) is 6.65. The predicted molar refractivity (Wildman–Crippen MR) is 113 cm³/mol. The molecule has 0 aliphatic rings. The first-order valence-electron chi connectivity index (χ1n) is 10.1. The Hall–Kier alpha value is -0.650. The summed E-state index contributed by atoms with van der Waals surface area (Å²) in [5.74, 6) is 0.